The average molecular weight is 277 g/mol. The van der Waals surface area contributed by atoms with E-state index in [1.165, 1.54) is 35.1 Å². The number of benzene rings is 1. The van der Waals surface area contributed by atoms with Gasteiger partial charge in [0.25, 0.3) is 0 Å². The molecule has 1 amide bonds. The van der Waals surface area contributed by atoms with Crippen LogP contribution in [0.3, 0.4) is 0 Å². The number of halogens is 1. The number of carbonyl (C=O) groups is 2. The Balaban J connectivity index is 1.87. The van der Waals surface area contributed by atoms with E-state index in [0.29, 0.717) is 5.69 Å². The molecule has 2 aromatic rings. The fraction of sp³-hybridized carbons (Fsp3) is 0.154. The van der Waals surface area contributed by atoms with Crippen molar-refractivity contribution >= 4 is 17.6 Å². The van der Waals surface area contributed by atoms with E-state index in [-0.39, 0.29) is 24.6 Å². The number of carboxylic acids is 1. The number of anilines is 1. The Hall–Kier alpha value is -2.70. The third kappa shape index (κ3) is 3.64. The molecular formula is C13H12FN3O3. The van der Waals surface area contributed by atoms with E-state index in [4.69, 9.17) is 5.11 Å². The second-order valence-corrected chi connectivity index (χ2v) is 4.08. The molecule has 0 aliphatic rings. The fourth-order valence-electron chi connectivity index (χ4n) is 1.61. The lowest BCUT2D eigenvalue weighted by atomic mass is 10.3. The average Bonchev–Trinajstić information content (AvgIpc) is 2.85. The minimum Gasteiger partial charge on any atom is -0.476 e. The largest absolute Gasteiger partial charge is 0.476 e. The van der Waals surface area contributed by atoms with Gasteiger partial charge in [-0.3, -0.25) is 9.48 Å². The van der Waals surface area contributed by atoms with Gasteiger partial charge in [0, 0.05) is 24.8 Å². The highest BCUT2D eigenvalue weighted by Gasteiger charge is 2.08. The van der Waals surface area contributed by atoms with E-state index in [0.717, 1.165) is 0 Å². The normalized spacial score (nSPS) is 10.2. The van der Waals surface area contributed by atoms with E-state index in [1.54, 1.807) is 6.07 Å². The Bertz CT molecular complexity index is 639. The van der Waals surface area contributed by atoms with Crippen molar-refractivity contribution in [3.8, 4) is 0 Å². The quantitative estimate of drug-likeness (QED) is 0.872. The first-order valence-corrected chi connectivity index (χ1v) is 5.87. The number of aromatic carboxylic acids is 1. The van der Waals surface area contributed by atoms with Crippen molar-refractivity contribution < 1.29 is 19.1 Å². The summed E-state index contributed by atoms with van der Waals surface area (Å²) in [6.07, 6.45) is 1.59. The Labute approximate surface area is 113 Å². The summed E-state index contributed by atoms with van der Waals surface area (Å²) in [6, 6.07) is 6.93. The highest BCUT2D eigenvalue weighted by atomic mass is 19.1. The Morgan fingerprint density at radius 2 is 2.15 bits per heavy atom. The van der Waals surface area contributed by atoms with Gasteiger partial charge >= 0.3 is 5.97 Å². The molecule has 0 saturated heterocycles. The molecular weight excluding hydrogens is 265 g/mol. The third-order valence-electron chi connectivity index (χ3n) is 2.54. The van der Waals surface area contributed by atoms with Gasteiger partial charge < -0.3 is 10.4 Å². The molecule has 1 aromatic heterocycles. The molecule has 0 atom stereocenters. The zero-order chi connectivity index (χ0) is 14.5. The number of aryl methyl sites for hydroxylation is 1. The molecule has 0 unspecified atom stereocenters. The van der Waals surface area contributed by atoms with Crippen LogP contribution in [0.15, 0.2) is 36.5 Å². The monoisotopic (exact) mass is 277 g/mol. The number of carboxylic acid groups (broad SMARTS) is 1. The maximum atomic E-state index is 12.9. The number of aromatic nitrogens is 2. The second-order valence-electron chi connectivity index (χ2n) is 4.08. The number of hydrogen-bond acceptors (Lipinski definition) is 3. The summed E-state index contributed by atoms with van der Waals surface area (Å²) in [4.78, 5) is 22.3. The summed E-state index contributed by atoms with van der Waals surface area (Å²) >= 11 is 0. The Morgan fingerprint density at radius 1 is 1.35 bits per heavy atom. The van der Waals surface area contributed by atoms with Crippen molar-refractivity contribution in [3.63, 3.8) is 0 Å². The molecule has 2 rings (SSSR count). The van der Waals surface area contributed by atoms with Crippen LogP contribution in [0.4, 0.5) is 10.1 Å². The van der Waals surface area contributed by atoms with Gasteiger partial charge in [0.05, 0.1) is 0 Å². The lowest BCUT2D eigenvalue weighted by Gasteiger charge is -2.05. The molecule has 0 fully saturated rings. The number of carbonyl (C=O) groups excluding carboxylic acids is 1. The third-order valence-corrected chi connectivity index (χ3v) is 2.54. The van der Waals surface area contributed by atoms with Crippen molar-refractivity contribution in [2.24, 2.45) is 0 Å². The van der Waals surface area contributed by atoms with Crippen molar-refractivity contribution in [1.82, 2.24) is 9.78 Å². The predicted molar refractivity (Wildman–Crippen MR) is 68.8 cm³/mol. The second kappa shape index (κ2) is 5.96. The molecule has 6 nitrogen and oxygen atoms in total. The van der Waals surface area contributed by atoms with Crippen LogP contribution in [-0.2, 0) is 11.3 Å². The molecule has 104 valence electrons. The lowest BCUT2D eigenvalue weighted by Crippen LogP contribution is -2.15. The molecule has 1 heterocycles. The van der Waals surface area contributed by atoms with Crippen LogP contribution in [0, 0.1) is 5.82 Å². The van der Waals surface area contributed by atoms with Gasteiger partial charge in [-0.1, -0.05) is 6.07 Å². The molecule has 2 N–H and O–H groups in total. The summed E-state index contributed by atoms with van der Waals surface area (Å²) in [5.74, 6) is -1.85. The number of amides is 1. The first kappa shape index (κ1) is 13.7. The topological polar surface area (TPSA) is 84.2 Å². The van der Waals surface area contributed by atoms with Crippen LogP contribution >= 0.6 is 0 Å². The van der Waals surface area contributed by atoms with Crippen LogP contribution in [0.2, 0.25) is 0 Å². The number of rotatable bonds is 5. The highest BCUT2D eigenvalue weighted by Crippen LogP contribution is 2.09. The molecule has 0 saturated carbocycles. The molecule has 7 heteroatoms. The summed E-state index contributed by atoms with van der Waals surface area (Å²) in [5, 5.41) is 15.0. The number of nitrogens with one attached hydrogen (secondary N) is 1. The molecule has 1 aromatic carbocycles. The van der Waals surface area contributed by atoms with E-state index >= 15 is 0 Å². The minimum absolute atomic E-state index is 0.0736. The van der Waals surface area contributed by atoms with E-state index in [9.17, 15) is 14.0 Å². The number of nitrogens with zero attached hydrogens (tertiary/aromatic N) is 2. The van der Waals surface area contributed by atoms with Gasteiger partial charge in [0.15, 0.2) is 5.69 Å². The molecule has 0 aliphatic heterocycles. The van der Waals surface area contributed by atoms with Crippen LogP contribution < -0.4 is 5.32 Å². The smallest absolute Gasteiger partial charge is 0.356 e. The van der Waals surface area contributed by atoms with Gasteiger partial charge in [-0.15, -0.1) is 0 Å². The maximum Gasteiger partial charge on any atom is 0.356 e. The predicted octanol–water partition coefficient (Wildman–Crippen LogP) is 1.75. The van der Waals surface area contributed by atoms with Gasteiger partial charge in [-0.2, -0.15) is 5.10 Å². The zero-order valence-corrected chi connectivity index (χ0v) is 10.4. The molecule has 0 aliphatic carbocycles. The minimum atomic E-state index is -1.12. The van der Waals surface area contributed by atoms with Crippen molar-refractivity contribution in [2.75, 3.05) is 5.32 Å². The highest BCUT2D eigenvalue weighted by molar-refractivity contribution is 5.90. The molecule has 0 radical (unpaired) electrons. The lowest BCUT2D eigenvalue weighted by molar-refractivity contribution is -0.116. The molecule has 20 heavy (non-hydrogen) atoms. The van der Waals surface area contributed by atoms with Gasteiger partial charge in [-0.25, -0.2) is 9.18 Å². The van der Waals surface area contributed by atoms with Crippen molar-refractivity contribution in [2.45, 2.75) is 13.0 Å². The van der Waals surface area contributed by atoms with Gasteiger partial charge in [-0.05, 0) is 24.3 Å². The summed E-state index contributed by atoms with van der Waals surface area (Å²) in [6.45, 7) is 0.244. The van der Waals surface area contributed by atoms with Gasteiger partial charge in [0.2, 0.25) is 5.91 Å². The molecule has 0 bridgehead atoms. The van der Waals surface area contributed by atoms with Crippen LogP contribution in [0.1, 0.15) is 16.9 Å². The first-order chi connectivity index (χ1) is 9.54. The first-order valence-electron chi connectivity index (χ1n) is 5.87. The van der Waals surface area contributed by atoms with Crippen LogP contribution in [0.5, 0.6) is 0 Å². The van der Waals surface area contributed by atoms with Crippen LogP contribution in [0.25, 0.3) is 0 Å². The molecule has 0 spiro atoms. The van der Waals surface area contributed by atoms with Crippen LogP contribution in [-0.4, -0.2) is 26.8 Å². The summed E-state index contributed by atoms with van der Waals surface area (Å²) in [7, 11) is 0. The standard InChI is InChI=1S/C13H12FN3O3/c14-9-2-1-3-10(8-9)15-12(18)5-7-17-6-4-11(16-17)13(19)20/h1-4,6,8H,5,7H2,(H,15,18)(H,19,20). The Kier molecular flexibility index (Phi) is 4.09. The van der Waals surface area contributed by atoms with Crippen molar-refractivity contribution in [3.05, 3.63) is 48.0 Å². The fourth-order valence-corrected chi connectivity index (χ4v) is 1.61. The SMILES string of the molecule is O=C(CCn1ccc(C(=O)O)n1)Nc1cccc(F)c1. The Morgan fingerprint density at radius 3 is 2.80 bits per heavy atom. The number of hydrogen-bond donors (Lipinski definition) is 2. The van der Waals surface area contributed by atoms with E-state index < -0.39 is 11.8 Å². The summed E-state index contributed by atoms with van der Waals surface area (Å²) in [5.41, 5.74) is 0.303. The van der Waals surface area contributed by atoms with E-state index in [2.05, 4.69) is 10.4 Å². The summed E-state index contributed by atoms with van der Waals surface area (Å²) < 4.78 is 14.3. The van der Waals surface area contributed by atoms with Crippen molar-refractivity contribution in [1.29, 1.82) is 0 Å². The maximum absolute atomic E-state index is 12.9. The van der Waals surface area contributed by atoms with Gasteiger partial charge in [0.1, 0.15) is 5.82 Å². The van der Waals surface area contributed by atoms with E-state index in [1.807, 2.05) is 0 Å². The zero-order valence-electron chi connectivity index (χ0n) is 10.4.